The van der Waals surface area contributed by atoms with Crippen LogP contribution in [0.2, 0.25) is 0 Å². The molecule has 140 valence electrons. The van der Waals surface area contributed by atoms with Gasteiger partial charge in [0.05, 0.1) is 22.5 Å². The predicted octanol–water partition coefficient (Wildman–Crippen LogP) is 4.61. The van der Waals surface area contributed by atoms with Gasteiger partial charge in [0.25, 0.3) is 5.91 Å². The van der Waals surface area contributed by atoms with Crippen LogP contribution >= 0.6 is 11.3 Å². The van der Waals surface area contributed by atoms with Gasteiger partial charge in [-0.1, -0.05) is 47.7 Å². The summed E-state index contributed by atoms with van der Waals surface area (Å²) >= 11 is 1.50. The van der Waals surface area contributed by atoms with E-state index in [9.17, 15) is 4.79 Å². The second-order valence-electron chi connectivity index (χ2n) is 6.32. The Morgan fingerprint density at radius 1 is 1.04 bits per heavy atom. The quantitative estimate of drug-likeness (QED) is 0.483. The molecule has 2 aromatic heterocycles. The van der Waals surface area contributed by atoms with Crippen LogP contribution in [0.3, 0.4) is 0 Å². The lowest BCUT2D eigenvalue weighted by atomic mass is 10.2. The van der Waals surface area contributed by atoms with Crippen LogP contribution < -0.4 is 9.64 Å². The van der Waals surface area contributed by atoms with E-state index < -0.39 is 0 Å². The van der Waals surface area contributed by atoms with E-state index in [2.05, 4.69) is 4.98 Å². The minimum Gasteiger partial charge on any atom is -0.484 e. The molecule has 0 saturated carbocycles. The minimum absolute atomic E-state index is 0.0637. The van der Waals surface area contributed by atoms with Gasteiger partial charge in [0.2, 0.25) is 0 Å². The number of anilines is 1. The standard InChI is InChI=1S/C22H19N3O2S/c1-16-8-7-12-19-21(16)24-22(28-19)25(14-17-9-5-6-13-23-17)20(26)15-27-18-10-3-2-4-11-18/h2-13H,14-15H2,1H3. The van der Waals surface area contributed by atoms with Gasteiger partial charge in [-0.05, 0) is 42.8 Å². The molecule has 28 heavy (non-hydrogen) atoms. The molecular weight excluding hydrogens is 370 g/mol. The SMILES string of the molecule is Cc1cccc2sc(N(Cc3ccccn3)C(=O)COc3ccccc3)nc12. The largest absolute Gasteiger partial charge is 0.484 e. The van der Waals surface area contributed by atoms with E-state index in [1.807, 2.05) is 73.7 Å². The molecule has 2 heterocycles. The molecule has 0 bridgehead atoms. The van der Waals surface area contributed by atoms with E-state index in [-0.39, 0.29) is 12.5 Å². The molecule has 0 aliphatic carbocycles. The van der Waals surface area contributed by atoms with E-state index in [1.165, 1.54) is 11.3 Å². The normalized spacial score (nSPS) is 10.8. The third-order valence-corrected chi connectivity index (χ3v) is 5.34. The van der Waals surface area contributed by atoms with Crippen LogP contribution in [0.1, 0.15) is 11.3 Å². The number of aromatic nitrogens is 2. The molecule has 5 nitrogen and oxygen atoms in total. The van der Waals surface area contributed by atoms with E-state index in [0.717, 1.165) is 21.5 Å². The number of carbonyl (C=O) groups is 1. The van der Waals surface area contributed by atoms with Gasteiger partial charge in [0, 0.05) is 6.20 Å². The molecule has 0 saturated heterocycles. The Bertz CT molecular complexity index is 1080. The number of hydrogen-bond acceptors (Lipinski definition) is 5. The maximum absolute atomic E-state index is 13.0. The summed E-state index contributed by atoms with van der Waals surface area (Å²) < 4.78 is 6.72. The predicted molar refractivity (Wildman–Crippen MR) is 112 cm³/mol. The Balaban J connectivity index is 1.62. The summed E-state index contributed by atoms with van der Waals surface area (Å²) in [5.41, 5.74) is 2.81. The fourth-order valence-electron chi connectivity index (χ4n) is 2.85. The molecule has 4 aromatic rings. The number of fused-ring (bicyclic) bond motifs is 1. The van der Waals surface area contributed by atoms with E-state index in [0.29, 0.717) is 17.4 Å². The Hall–Kier alpha value is -3.25. The van der Waals surface area contributed by atoms with Gasteiger partial charge >= 0.3 is 0 Å². The number of carbonyl (C=O) groups excluding carboxylic acids is 1. The lowest BCUT2D eigenvalue weighted by molar-refractivity contribution is -0.120. The van der Waals surface area contributed by atoms with Crippen molar-refractivity contribution in [2.45, 2.75) is 13.5 Å². The second-order valence-corrected chi connectivity index (χ2v) is 7.33. The van der Waals surface area contributed by atoms with E-state index in [1.54, 1.807) is 11.1 Å². The van der Waals surface area contributed by atoms with Gasteiger partial charge in [-0.25, -0.2) is 4.98 Å². The zero-order valence-corrected chi connectivity index (χ0v) is 16.2. The Kier molecular flexibility index (Phi) is 5.30. The van der Waals surface area contributed by atoms with Crippen LogP contribution in [0.15, 0.2) is 72.9 Å². The van der Waals surface area contributed by atoms with Gasteiger partial charge in [0.1, 0.15) is 5.75 Å². The number of para-hydroxylation sites is 2. The summed E-state index contributed by atoms with van der Waals surface area (Å²) in [6.45, 7) is 2.30. The van der Waals surface area contributed by atoms with Crippen LogP contribution in [-0.2, 0) is 11.3 Å². The molecule has 0 fully saturated rings. The van der Waals surface area contributed by atoms with E-state index in [4.69, 9.17) is 9.72 Å². The third-order valence-electron chi connectivity index (χ3n) is 4.29. The lowest BCUT2D eigenvalue weighted by Crippen LogP contribution is -2.34. The molecule has 0 spiro atoms. The summed E-state index contributed by atoms with van der Waals surface area (Å²) in [4.78, 5) is 23.8. The second kappa shape index (κ2) is 8.19. The molecule has 2 aromatic carbocycles. The van der Waals surface area contributed by atoms with Crippen molar-refractivity contribution in [2.75, 3.05) is 11.5 Å². The number of thiazole rings is 1. The topological polar surface area (TPSA) is 55.3 Å². The summed E-state index contributed by atoms with van der Waals surface area (Å²) in [6, 6.07) is 21.0. The van der Waals surface area contributed by atoms with Gasteiger partial charge < -0.3 is 4.74 Å². The summed E-state index contributed by atoms with van der Waals surface area (Å²) in [6.07, 6.45) is 1.72. The summed E-state index contributed by atoms with van der Waals surface area (Å²) in [5.74, 6) is 0.500. The lowest BCUT2D eigenvalue weighted by Gasteiger charge is -2.19. The first-order valence-electron chi connectivity index (χ1n) is 8.95. The van der Waals surface area contributed by atoms with Crippen LogP contribution in [0.5, 0.6) is 5.75 Å². The Morgan fingerprint density at radius 3 is 2.61 bits per heavy atom. The molecule has 0 unspecified atom stereocenters. The molecule has 0 N–H and O–H groups in total. The Labute approximate surface area is 167 Å². The highest BCUT2D eigenvalue weighted by Gasteiger charge is 2.21. The van der Waals surface area contributed by atoms with Crippen molar-refractivity contribution in [3.8, 4) is 5.75 Å². The Morgan fingerprint density at radius 2 is 1.86 bits per heavy atom. The van der Waals surface area contributed by atoms with Crippen molar-refractivity contribution in [1.29, 1.82) is 0 Å². The van der Waals surface area contributed by atoms with Crippen LogP contribution in [-0.4, -0.2) is 22.5 Å². The van der Waals surface area contributed by atoms with Crippen molar-refractivity contribution in [3.63, 3.8) is 0 Å². The molecule has 1 amide bonds. The first kappa shape index (κ1) is 18.1. The van der Waals surface area contributed by atoms with Crippen molar-refractivity contribution in [3.05, 3.63) is 84.2 Å². The third kappa shape index (κ3) is 4.02. The number of amides is 1. The molecular formula is C22H19N3O2S. The number of nitrogens with zero attached hydrogens (tertiary/aromatic N) is 3. The van der Waals surface area contributed by atoms with Gasteiger partial charge in [0.15, 0.2) is 11.7 Å². The first-order valence-corrected chi connectivity index (χ1v) is 9.76. The average molecular weight is 389 g/mol. The zero-order valence-electron chi connectivity index (χ0n) is 15.4. The number of aryl methyl sites for hydroxylation is 1. The molecule has 0 aliphatic heterocycles. The summed E-state index contributed by atoms with van der Waals surface area (Å²) in [7, 11) is 0. The van der Waals surface area contributed by atoms with Crippen molar-refractivity contribution >= 4 is 32.6 Å². The molecule has 6 heteroatoms. The highest BCUT2D eigenvalue weighted by Crippen LogP contribution is 2.31. The van der Waals surface area contributed by atoms with Crippen LogP contribution in [0.25, 0.3) is 10.2 Å². The van der Waals surface area contributed by atoms with Gasteiger partial charge in [-0.15, -0.1) is 0 Å². The average Bonchev–Trinajstić information content (AvgIpc) is 3.17. The molecule has 0 aliphatic rings. The van der Waals surface area contributed by atoms with Gasteiger partial charge in [-0.3, -0.25) is 14.7 Å². The smallest absolute Gasteiger partial charge is 0.267 e. The number of hydrogen-bond donors (Lipinski definition) is 0. The molecule has 0 atom stereocenters. The molecule has 0 radical (unpaired) electrons. The van der Waals surface area contributed by atoms with Crippen molar-refractivity contribution in [1.82, 2.24) is 9.97 Å². The highest BCUT2D eigenvalue weighted by atomic mass is 32.1. The maximum Gasteiger partial charge on any atom is 0.267 e. The number of rotatable bonds is 6. The minimum atomic E-state index is -0.161. The zero-order chi connectivity index (χ0) is 19.3. The molecule has 4 rings (SSSR count). The van der Waals surface area contributed by atoms with Crippen molar-refractivity contribution < 1.29 is 9.53 Å². The van der Waals surface area contributed by atoms with Crippen molar-refractivity contribution in [2.24, 2.45) is 0 Å². The number of pyridine rings is 1. The maximum atomic E-state index is 13.0. The number of ether oxygens (including phenoxy) is 1. The highest BCUT2D eigenvalue weighted by molar-refractivity contribution is 7.22. The van der Waals surface area contributed by atoms with Crippen LogP contribution in [0.4, 0.5) is 5.13 Å². The summed E-state index contributed by atoms with van der Waals surface area (Å²) in [5, 5.41) is 0.650. The van der Waals surface area contributed by atoms with Crippen LogP contribution in [0, 0.1) is 6.92 Å². The first-order chi connectivity index (χ1) is 13.7. The fourth-order valence-corrected chi connectivity index (χ4v) is 3.91. The number of benzene rings is 2. The fraction of sp³-hybridized carbons (Fsp3) is 0.136. The van der Waals surface area contributed by atoms with E-state index >= 15 is 0 Å². The monoisotopic (exact) mass is 389 g/mol. The van der Waals surface area contributed by atoms with Gasteiger partial charge in [-0.2, -0.15) is 0 Å².